The van der Waals surface area contributed by atoms with Gasteiger partial charge in [0, 0.05) is 5.92 Å². The van der Waals surface area contributed by atoms with E-state index in [1.165, 1.54) is 6.07 Å². The van der Waals surface area contributed by atoms with Crippen molar-refractivity contribution in [3.63, 3.8) is 0 Å². The number of fused-ring (bicyclic) bond motifs is 1. The maximum absolute atomic E-state index is 12.7. The lowest BCUT2D eigenvalue weighted by Gasteiger charge is -2.26. The summed E-state index contributed by atoms with van der Waals surface area (Å²) in [7, 11) is 0. The molecule has 0 spiro atoms. The van der Waals surface area contributed by atoms with Crippen LogP contribution in [0.2, 0.25) is 0 Å². The quantitative estimate of drug-likeness (QED) is 0.885. The van der Waals surface area contributed by atoms with Crippen LogP contribution < -0.4 is 5.73 Å². The van der Waals surface area contributed by atoms with Gasteiger partial charge in [0.2, 0.25) is 0 Å². The van der Waals surface area contributed by atoms with Crippen molar-refractivity contribution in [2.75, 3.05) is 6.54 Å². The third-order valence-electron chi connectivity index (χ3n) is 4.39. The molecule has 3 rings (SSSR count). The summed E-state index contributed by atoms with van der Waals surface area (Å²) in [5.41, 5.74) is 6.09. The van der Waals surface area contributed by atoms with Gasteiger partial charge in [-0.15, -0.1) is 0 Å². The SMILES string of the molecule is NCC1CCC(c2nc3ccc(C(F)(F)F)cc3[nH]2)CC1. The van der Waals surface area contributed by atoms with Crippen LogP contribution in [0.4, 0.5) is 13.2 Å². The third-order valence-corrected chi connectivity index (χ3v) is 4.39. The molecule has 0 bridgehead atoms. The molecule has 1 aliphatic rings. The monoisotopic (exact) mass is 297 g/mol. The van der Waals surface area contributed by atoms with Crippen molar-refractivity contribution in [3.05, 3.63) is 29.6 Å². The summed E-state index contributed by atoms with van der Waals surface area (Å²) < 4.78 is 38.1. The molecule has 1 fully saturated rings. The minimum Gasteiger partial charge on any atom is -0.342 e. The summed E-state index contributed by atoms with van der Waals surface area (Å²) in [5.74, 6) is 1.68. The highest BCUT2D eigenvalue weighted by Gasteiger charge is 2.31. The Labute approximate surface area is 120 Å². The van der Waals surface area contributed by atoms with Crippen LogP contribution in [0.15, 0.2) is 18.2 Å². The number of nitrogens with two attached hydrogens (primary N) is 1. The number of nitrogens with zero attached hydrogens (tertiary/aromatic N) is 1. The second-order valence-electron chi connectivity index (χ2n) is 5.81. The Bertz CT molecular complexity index is 625. The van der Waals surface area contributed by atoms with E-state index in [-0.39, 0.29) is 0 Å². The van der Waals surface area contributed by atoms with Crippen LogP contribution in [-0.4, -0.2) is 16.5 Å². The highest BCUT2D eigenvalue weighted by molar-refractivity contribution is 5.76. The van der Waals surface area contributed by atoms with Crippen molar-refractivity contribution >= 4 is 11.0 Å². The fraction of sp³-hybridized carbons (Fsp3) is 0.533. The smallest absolute Gasteiger partial charge is 0.342 e. The molecular formula is C15H18F3N3. The highest BCUT2D eigenvalue weighted by Crippen LogP contribution is 2.36. The standard InChI is InChI=1S/C15H18F3N3/c16-15(17,18)11-5-6-12-13(7-11)21-14(20-12)10-3-1-9(8-19)2-4-10/h5-7,9-10H,1-4,8,19H2,(H,20,21). The van der Waals surface area contributed by atoms with E-state index < -0.39 is 11.7 Å². The zero-order valence-corrected chi connectivity index (χ0v) is 11.6. The lowest BCUT2D eigenvalue weighted by atomic mass is 9.82. The normalized spacial score (nSPS) is 23.6. The van der Waals surface area contributed by atoms with Gasteiger partial charge in [-0.3, -0.25) is 0 Å². The first-order chi connectivity index (χ1) is 9.97. The summed E-state index contributed by atoms with van der Waals surface area (Å²) in [6, 6.07) is 3.65. The number of nitrogens with one attached hydrogen (secondary N) is 1. The summed E-state index contributed by atoms with van der Waals surface area (Å²) in [4.78, 5) is 7.52. The summed E-state index contributed by atoms with van der Waals surface area (Å²) in [5, 5.41) is 0. The molecule has 1 aromatic heterocycles. The van der Waals surface area contributed by atoms with E-state index >= 15 is 0 Å². The van der Waals surface area contributed by atoms with Gasteiger partial charge in [0.05, 0.1) is 16.6 Å². The zero-order valence-electron chi connectivity index (χ0n) is 11.6. The molecule has 0 radical (unpaired) electrons. The van der Waals surface area contributed by atoms with Crippen LogP contribution >= 0.6 is 0 Å². The molecule has 0 amide bonds. The van der Waals surface area contributed by atoms with Crippen molar-refractivity contribution in [1.82, 2.24) is 9.97 Å². The van der Waals surface area contributed by atoms with Crippen molar-refractivity contribution in [2.45, 2.75) is 37.8 Å². The Morgan fingerprint density at radius 3 is 2.52 bits per heavy atom. The second kappa shape index (κ2) is 5.33. The molecule has 1 heterocycles. The number of H-pyrrole nitrogens is 1. The van der Waals surface area contributed by atoms with Gasteiger partial charge in [0.15, 0.2) is 0 Å². The van der Waals surface area contributed by atoms with Crippen LogP contribution in [0.5, 0.6) is 0 Å². The number of hydrogen-bond acceptors (Lipinski definition) is 2. The predicted octanol–water partition coefficient (Wildman–Crippen LogP) is 3.81. The molecule has 2 aromatic rings. The number of halogens is 3. The minimum atomic E-state index is -4.32. The van der Waals surface area contributed by atoms with E-state index in [4.69, 9.17) is 5.73 Å². The molecule has 0 unspecified atom stereocenters. The van der Waals surface area contributed by atoms with E-state index in [2.05, 4.69) is 9.97 Å². The number of aromatic nitrogens is 2. The first-order valence-corrected chi connectivity index (χ1v) is 7.24. The van der Waals surface area contributed by atoms with Crippen LogP contribution in [0.1, 0.15) is 43.0 Å². The third kappa shape index (κ3) is 2.90. The second-order valence-corrected chi connectivity index (χ2v) is 5.81. The molecule has 0 aliphatic heterocycles. The summed E-state index contributed by atoms with van der Waals surface area (Å²) >= 11 is 0. The molecule has 3 N–H and O–H groups in total. The molecular weight excluding hydrogens is 279 g/mol. The van der Waals surface area contributed by atoms with E-state index in [1.807, 2.05) is 0 Å². The molecule has 21 heavy (non-hydrogen) atoms. The van der Waals surface area contributed by atoms with Gasteiger partial charge in [0.1, 0.15) is 5.82 Å². The molecule has 1 aromatic carbocycles. The zero-order chi connectivity index (χ0) is 15.0. The van der Waals surface area contributed by atoms with Gasteiger partial charge in [-0.25, -0.2) is 4.98 Å². The molecule has 114 valence electrons. The Morgan fingerprint density at radius 1 is 1.19 bits per heavy atom. The Balaban J connectivity index is 1.84. The van der Waals surface area contributed by atoms with Gasteiger partial charge >= 0.3 is 6.18 Å². The number of benzene rings is 1. The van der Waals surface area contributed by atoms with E-state index in [1.54, 1.807) is 0 Å². The van der Waals surface area contributed by atoms with Gasteiger partial charge in [-0.2, -0.15) is 13.2 Å². The molecule has 1 saturated carbocycles. The Hall–Kier alpha value is -1.56. The lowest BCUT2D eigenvalue weighted by Crippen LogP contribution is -2.21. The highest BCUT2D eigenvalue weighted by atomic mass is 19.4. The summed E-state index contributed by atoms with van der Waals surface area (Å²) in [6.45, 7) is 0.710. The molecule has 3 nitrogen and oxygen atoms in total. The minimum absolute atomic E-state index is 0.300. The van der Waals surface area contributed by atoms with E-state index in [0.717, 1.165) is 43.6 Å². The number of rotatable bonds is 2. The first kappa shape index (κ1) is 14.4. The number of alkyl halides is 3. The average Bonchev–Trinajstić information content (AvgIpc) is 2.89. The van der Waals surface area contributed by atoms with Crippen molar-refractivity contribution in [2.24, 2.45) is 11.7 Å². The van der Waals surface area contributed by atoms with Crippen LogP contribution in [0.3, 0.4) is 0 Å². The van der Waals surface area contributed by atoms with Gasteiger partial charge in [-0.1, -0.05) is 0 Å². The van der Waals surface area contributed by atoms with Crippen LogP contribution in [-0.2, 0) is 6.18 Å². The molecule has 1 aliphatic carbocycles. The Morgan fingerprint density at radius 2 is 1.90 bits per heavy atom. The molecule has 0 saturated heterocycles. The van der Waals surface area contributed by atoms with E-state index in [9.17, 15) is 13.2 Å². The first-order valence-electron chi connectivity index (χ1n) is 7.24. The van der Waals surface area contributed by atoms with Crippen LogP contribution in [0.25, 0.3) is 11.0 Å². The van der Waals surface area contributed by atoms with E-state index in [0.29, 0.717) is 29.4 Å². The van der Waals surface area contributed by atoms with Crippen molar-refractivity contribution in [1.29, 1.82) is 0 Å². The maximum Gasteiger partial charge on any atom is 0.416 e. The van der Waals surface area contributed by atoms with Crippen molar-refractivity contribution in [3.8, 4) is 0 Å². The average molecular weight is 297 g/mol. The predicted molar refractivity (Wildman–Crippen MR) is 74.8 cm³/mol. The van der Waals surface area contributed by atoms with Gasteiger partial charge in [0.25, 0.3) is 0 Å². The molecule has 6 heteroatoms. The van der Waals surface area contributed by atoms with Crippen LogP contribution in [0, 0.1) is 5.92 Å². The number of hydrogen-bond donors (Lipinski definition) is 2. The van der Waals surface area contributed by atoms with Gasteiger partial charge in [-0.05, 0) is 56.3 Å². The summed E-state index contributed by atoms with van der Waals surface area (Å²) in [6.07, 6.45) is -0.210. The maximum atomic E-state index is 12.7. The van der Waals surface area contributed by atoms with Crippen molar-refractivity contribution < 1.29 is 13.2 Å². The lowest BCUT2D eigenvalue weighted by molar-refractivity contribution is -0.137. The Kier molecular flexibility index (Phi) is 3.65. The fourth-order valence-electron chi connectivity index (χ4n) is 3.07. The number of imidazole rings is 1. The largest absolute Gasteiger partial charge is 0.416 e. The number of aromatic amines is 1. The molecule has 0 atom stereocenters. The van der Waals surface area contributed by atoms with Gasteiger partial charge < -0.3 is 10.7 Å². The topological polar surface area (TPSA) is 54.7 Å². The fourth-order valence-corrected chi connectivity index (χ4v) is 3.07.